The van der Waals surface area contributed by atoms with Crippen molar-refractivity contribution in [3.8, 4) is 33.4 Å². The molecule has 0 amide bonds. The number of hydrogen-bond donors (Lipinski definition) is 1. The molecule has 10 rings (SSSR count). The summed E-state index contributed by atoms with van der Waals surface area (Å²) in [6, 6.07) is 69.4. The minimum Gasteiger partial charge on any atom is -0.355 e. The highest BCUT2D eigenvalue weighted by Crippen LogP contribution is 2.55. The minimum atomic E-state index is -0.206. The second-order valence-electron chi connectivity index (χ2n) is 17.9. The van der Waals surface area contributed by atoms with Crippen molar-refractivity contribution in [2.24, 2.45) is 0 Å². The lowest BCUT2D eigenvalue weighted by atomic mass is 9.59. The van der Waals surface area contributed by atoms with E-state index in [0.29, 0.717) is 0 Å². The third-order valence-corrected chi connectivity index (χ3v) is 13.3. The molecule has 0 fully saturated rings. The van der Waals surface area contributed by atoms with E-state index in [1.807, 2.05) is 0 Å². The van der Waals surface area contributed by atoms with Crippen LogP contribution >= 0.6 is 0 Å². The van der Waals surface area contributed by atoms with Gasteiger partial charge in [0.2, 0.25) is 0 Å². The molecule has 59 heavy (non-hydrogen) atoms. The molecule has 0 atom stereocenters. The summed E-state index contributed by atoms with van der Waals surface area (Å²) in [5.41, 5.74) is 20.4. The van der Waals surface area contributed by atoms with Gasteiger partial charge in [-0.1, -0.05) is 175 Å². The van der Waals surface area contributed by atoms with Gasteiger partial charge >= 0.3 is 0 Å². The summed E-state index contributed by atoms with van der Waals surface area (Å²) >= 11 is 0. The predicted molar refractivity (Wildman–Crippen MR) is 250 cm³/mol. The van der Waals surface area contributed by atoms with Crippen LogP contribution in [0.25, 0.3) is 33.4 Å². The number of nitrogens with one attached hydrogen (secondary N) is 1. The molecule has 1 aliphatic carbocycles. The summed E-state index contributed by atoms with van der Waals surface area (Å²) in [7, 11) is 0. The molecule has 0 bridgehead atoms. The standard InChI is InChI=1S/C57H50N2/c1-55(2)46-23-13-14-24-47(46)56(3,4)51-37-52(58-43-31-29-40(30-32-43)38-19-9-7-10-20-38)45(36-50(51)55)42-33-41(39-21-11-8-12-22-39)34-44(35-42)59-53-27-17-15-25-48(53)57(5,6)49-26-16-18-28-54(49)59/h7-37,58H,1-6H3. The second kappa shape index (κ2) is 13.7. The van der Waals surface area contributed by atoms with Crippen molar-refractivity contribution in [2.75, 3.05) is 10.2 Å². The number of nitrogens with zero attached hydrogens (tertiary/aromatic N) is 1. The fourth-order valence-electron chi connectivity index (χ4n) is 10.0. The molecule has 1 aliphatic heterocycles. The first kappa shape index (κ1) is 36.7. The first-order valence-corrected chi connectivity index (χ1v) is 20.9. The van der Waals surface area contributed by atoms with Gasteiger partial charge in [-0.15, -0.1) is 0 Å². The Morgan fingerprint density at radius 1 is 0.339 bits per heavy atom. The molecule has 288 valence electrons. The van der Waals surface area contributed by atoms with Crippen LogP contribution in [0.4, 0.5) is 28.4 Å². The van der Waals surface area contributed by atoms with Gasteiger partial charge < -0.3 is 10.2 Å². The molecule has 0 unspecified atom stereocenters. The number of fused-ring (bicyclic) bond motifs is 4. The monoisotopic (exact) mass is 762 g/mol. The predicted octanol–water partition coefficient (Wildman–Crippen LogP) is 15.5. The average molecular weight is 763 g/mol. The lowest BCUT2D eigenvalue weighted by Crippen LogP contribution is -2.36. The third-order valence-electron chi connectivity index (χ3n) is 13.3. The van der Waals surface area contributed by atoms with E-state index < -0.39 is 0 Å². The van der Waals surface area contributed by atoms with E-state index in [-0.39, 0.29) is 16.2 Å². The zero-order valence-electron chi connectivity index (χ0n) is 34.8. The number of anilines is 5. The normalized spacial score (nSPS) is 15.3. The van der Waals surface area contributed by atoms with Crippen LogP contribution in [0.3, 0.4) is 0 Å². The van der Waals surface area contributed by atoms with Crippen LogP contribution in [0.5, 0.6) is 0 Å². The van der Waals surface area contributed by atoms with Crippen LogP contribution < -0.4 is 10.2 Å². The summed E-state index contributed by atoms with van der Waals surface area (Å²) in [5.74, 6) is 0. The van der Waals surface area contributed by atoms with E-state index in [1.54, 1.807) is 0 Å². The summed E-state index contributed by atoms with van der Waals surface area (Å²) < 4.78 is 0. The molecule has 0 aromatic heterocycles. The summed E-state index contributed by atoms with van der Waals surface area (Å²) in [5, 5.41) is 3.98. The molecule has 8 aromatic rings. The number of rotatable bonds is 6. The summed E-state index contributed by atoms with van der Waals surface area (Å²) in [6.07, 6.45) is 0. The Hall–Kier alpha value is -6.64. The van der Waals surface area contributed by atoms with E-state index in [0.717, 1.165) is 17.1 Å². The topological polar surface area (TPSA) is 15.3 Å². The van der Waals surface area contributed by atoms with Gasteiger partial charge in [-0.2, -0.15) is 0 Å². The van der Waals surface area contributed by atoms with E-state index >= 15 is 0 Å². The third kappa shape index (κ3) is 6.00. The van der Waals surface area contributed by atoms with Gasteiger partial charge in [-0.25, -0.2) is 0 Å². The van der Waals surface area contributed by atoms with Crippen molar-refractivity contribution in [3.05, 3.63) is 221 Å². The number of hydrogen-bond acceptors (Lipinski definition) is 2. The maximum Gasteiger partial charge on any atom is 0.0502 e. The first-order chi connectivity index (χ1) is 28.5. The smallest absolute Gasteiger partial charge is 0.0502 e. The molecule has 0 spiro atoms. The molecule has 2 heteroatoms. The molecule has 1 N–H and O–H groups in total. The van der Waals surface area contributed by atoms with Crippen molar-refractivity contribution in [1.82, 2.24) is 0 Å². The van der Waals surface area contributed by atoms with Gasteiger partial charge in [0.25, 0.3) is 0 Å². The van der Waals surface area contributed by atoms with Gasteiger partial charge in [-0.05, 0) is 116 Å². The van der Waals surface area contributed by atoms with Crippen LogP contribution in [0.1, 0.15) is 74.9 Å². The van der Waals surface area contributed by atoms with Crippen LogP contribution in [-0.4, -0.2) is 0 Å². The lowest BCUT2D eigenvalue weighted by Gasteiger charge is -2.44. The molecule has 0 saturated carbocycles. The Labute approximate surface area is 349 Å². The van der Waals surface area contributed by atoms with E-state index in [9.17, 15) is 0 Å². The zero-order valence-corrected chi connectivity index (χ0v) is 34.8. The fraction of sp³-hybridized carbons (Fsp3) is 0.158. The fourth-order valence-corrected chi connectivity index (χ4v) is 10.0. The van der Waals surface area contributed by atoms with Crippen LogP contribution in [-0.2, 0) is 16.2 Å². The first-order valence-electron chi connectivity index (χ1n) is 20.9. The Morgan fingerprint density at radius 2 is 0.763 bits per heavy atom. The van der Waals surface area contributed by atoms with Gasteiger partial charge in [0.1, 0.15) is 0 Å². The molecule has 8 aromatic carbocycles. The lowest BCUT2D eigenvalue weighted by molar-refractivity contribution is 0.521. The van der Waals surface area contributed by atoms with E-state index in [2.05, 4.69) is 240 Å². The highest BCUT2D eigenvalue weighted by atomic mass is 15.2. The molecular weight excluding hydrogens is 713 g/mol. The molecule has 2 nitrogen and oxygen atoms in total. The van der Waals surface area contributed by atoms with Crippen molar-refractivity contribution >= 4 is 28.4 Å². The van der Waals surface area contributed by atoms with E-state index in [1.165, 1.54) is 78.1 Å². The minimum absolute atomic E-state index is 0.149. The zero-order chi connectivity index (χ0) is 40.5. The van der Waals surface area contributed by atoms with Gasteiger partial charge in [0.05, 0.1) is 11.4 Å². The largest absolute Gasteiger partial charge is 0.355 e. The molecule has 0 saturated heterocycles. The van der Waals surface area contributed by atoms with Gasteiger partial charge in [0, 0.05) is 38.9 Å². The van der Waals surface area contributed by atoms with Crippen LogP contribution in [0, 0.1) is 0 Å². The molecular formula is C57H50N2. The van der Waals surface area contributed by atoms with Crippen LogP contribution in [0.15, 0.2) is 188 Å². The molecule has 0 radical (unpaired) electrons. The quantitative estimate of drug-likeness (QED) is 0.181. The Balaban J connectivity index is 1.22. The highest BCUT2D eigenvalue weighted by molar-refractivity contribution is 5.93. The Kier molecular flexibility index (Phi) is 8.54. The van der Waals surface area contributed by atoms with E-state index in [4.69, 9.17) is 0 Å². The van der Waals surface area contributed by atoms with Gasteiger partial charge in [-0.3, -0.25) is 0 Å². The molecule has 1 heterocycles. The number of para-hydroxylation sites is 2. The maximum absolute atomic E-state index is 3.98. The SMILES string of the molecule is CC1(C)c2ccccc2N(c2cc(-c3ccccc3)cc(-c3cc4c(cc3Nc3ccc(-c5ccccc5)cc3)C(C)(C)c3ccccc3C4(C)C)c2)c2ccccc21. The highest BCUT2D eigenvalue weighted by Gasteiger charge is 2.42. The maximum atomic E-state index is 3.98. The van der Waals surface area contributed by atoms with Crippen molar-refractivity contribution < 1.29 is 0 Å². The van der Waals surface area contributed by atoms with Crippen molar-refractivity contribution in [2.45, 2.75) is 57.8 Å². The van der Waals surface area contributed by atoms with Crippen LogP contribution in [0.2, 0.25) is 0 Å². The Morgan fingerprint density at radius 3 is 1.32 bits per heavy atom. The summed E-state index contributed by atoms with van der Waals surface area (Å²) in [4.78, 5) is 2.49. The average Bonchev–Trinajstić information content (AvgIpc) is 3.27. The van der Waals surface area contributed by atoms with Crippen molar-refractivity contribution in [1.29, 1.82) is 0 Å². The number of benzene rings is 8. The Bertz CT molecular complexity index is 2810. The van der Waals surface area contributed by atoms with Crippen molar-refractivity contribution in [3.63, 3.8) is 0 Å². The summed E-state index contributed by atoms with van der Waals surface area (Å²) in [6.45, 7) is 14.3. The second-order valence-corrected chi connectivity index (χ2v) is 17.9. The molecule has 2 aliphatic rings. The van der Waals surface area contributed by atoms with Gasteiger partial charge in [0.15, 0.2) is 0 Å².